The molecule has 0 unspecified atom stereocenters. The lowest BCUT2D eigenvalue weighted by atomic mass is 10.2. The molecule has 10 N–H and O–H groups in total. The van der Waals surface area contributed by atoms with Gasteiger partial charge in [0.05, 0.1) is 80.8 Å². The number of hydrogen-bond donors (Lipinski definition) is 6. The zero-order chi connectivity index (χ0) is 46.0. The Morgan fingerprint density at radius 3 is 1.36 bits per heavy atom. The smallest absolute Gasteiger partial charge is 0.268 e. The summed E-state index contributed by atoms with van der Waals surface area (Å²) in [6, 6.07) is 12.6. The molecule has 20 nitrogen and oxygen atoms in total. The van der Waals surface area contributed by atoms with Crippen molar-refractivity contribution in [2.75, 3.05) is 33.6 Å². The zero-order valence-electron chi connectivity index (χ0n) is 34.3. The fourth-order valence-corrected chi connectivity index (χ4v) is 7.28. The zero-order valence-corrected chi connectivity index (χ0v) is 35.8. The number of nitrogen functional groups attached to an aromatic ring is 4. The quantitative estimate of drug-likeness (QED) is 0.0851. The van der Waals surface area contributed by atoms with E-state index in [1.54, 1.807) is 87.2 Å². The standard InChI is InChI=1S/2C21H18ClN9O/c2*1-10-7-8-26-9-14(10)31-19(28-13-6-4-5-12(22)15(13)20(31)32)11(2)27-18-16(25-3)17(23)29-21(24)30-18/h2*4-9,11H,1-2H3,(H5,23,24,27,29,30)/t2*11-/m00/s1. The number of halogens is 2. The van der Waals surface area contributed by atoms with E-state index in [4.69, 9.17) is 69.2 Å². The molecule has 0 aliphatic carbocycles. The van der Waals surface area contributed by atoms with Gasteiger partial charge in [0.2, 0.25) is 11.9 Å². The van der Waals surface area contributed by atoms with Crippen LogP contribution in [0.5, 0.6) is 0 Å². The van der Waals surface area contributed by atoms with Crippen LogP contribution in [0.2, 0.25) is 10.0 Å². The summed E-state index contributed by atoms with van der Waals surface area (Å²) < 4.78 is 2.92. The van der Waals surface area contributed by atoms with Gasteiger partial charge in [0.15, 0.2) is 0 Å². The number of nitrogens with one attached hydrogen (secondary N) is 2. The number of pyridine rings is 2. The van der Waals surface area contributed by atoms with Crippen molar-refractivity contribution >= 4 is 91.6 Å². The van der Waals surface area contributed by atoms with Gasteiger partial charge in [0, 0.05) is 12.4 Å². The SMILES string of the molecule is [C-]#[N+]c1c(N)nc(N)nc1N[C@@H](C)c1nc2cccc(Cl)c2c(=O)n1-c1cnccc1C.[C-]#[N+]c1c(N)nc(N)nc1N[C@@H](C)c1nc2cccc(Cl)c2c(=O)n1-c1cnccc1C. The molecule has 64 heavy (non-hydrogen) atoms. The van der Waals surface area contributed by atoms with E-state index in [0.717, 1.165) is 11.1 Å². The van der Waals surface area contributed by atoms with Crippen molar-refractivity contribution in [2.24, 2.45) is 0 Å². The summed E-state index contributed by atoms with van der Waals surface area (Å²) in [5.41, 5.74) is 26.1. The molecule has 0 amide bonds. The summed E-state index contributed by atoms with van der Waals surface area (Å²) in [5.74, 6) is 0.786. The van der Waals surface area contributed by atoms with Crippen LogP contribution in [0.15, 0.2) is 82.9 Å². The lowest BCUT2D eigenvalue weighted by molar-refractivity contribution is 0.728. The molecule has 6 aromatic heterocycles. The topological polar surface area (TPSA) is 284 Å². The van der Waals surface area contributed by atoms with Gasteiger partial charge in [-0.15, -0.1) is 0 Å². The molecule has 0 aliphatic heterocycles. The van der Waals surface area contributed by atoms with E-state index >= 15 is 0 Å². The minimum atomic E-state index is -0.583. The van der Waals surface area contributed by atoms with Crippen LogP contribution in [-0.2, 0) is 0 Å². The maximum atomic E-state index is 13.6. The number of benzene rings is 2. The second kappa shape index (κ2) is 17.9. The average Bonchev–Trinajstić information content (AvgIpc) is 3.24. The predicted molar refractivity (Wildman–Crippen MR) is 248 cm³/mol. The molecule has 0 saturated carbocycles. The number of aromatic nitrogens is 10. The van der Waals surface area contributed by atoms with Crippen LogP contribution >= 0.6 is 23.2 Å². The third-order valence-electron chi connectivity index (χ3n) is 9.81. The highest BCUT2D eigenvalue weighted by Crippen LogP contribution is 2.34. The highest BCUT2D eigenvalue weighted by molar-refractivity contribution is 6.35. The predicted octanol–water partition coefficient (Wildman–Crippen LogP) is 6.84. The fraction of sp³-hybridized carbons (Fsp3) is 0.143. The number of fused-ring (bicyclic) bond motifs is 2. The summed E-state index contributed by atoms with van der Waals surface area (Å²) in [7, 11) is 0. The number of hydrogen-bond acceptors (Lipinski definition) is 16. The van der Waals surface area contributed by atoms with Gasteiger partial charge in [-0.1, -0.05) is 35.3 Å². The van der Waals surface area contributed by atoms with Crippen LogP contribution < -0.4 is 44.7 Å². The van der Waals surface area contributed by atoms with Gasteiger partial charge >= 0.3 is 0 Å². The summed E-state index contributed by atoms with van der Waals surface area (Å²) in [6.07, 6.45) is 6.45. The molecule has 0 radical (unpaired) electrons. The molecular weight excluding hydrogens is 859 g/mol. The lowest BCUT2D eigenvalue weighted by Gasteiger charge is -2.21. The van der Waals surface area contributed by atoms with Crippen molar-refractivity contribution in [3.05, 3.63) is 150 Å². The van der Waals surface area contributed by atoms with E-state index in [0.29, 0.717) is 54.9 Å². The molecular formula is C42H36Cl2N18O2. The van der Waals surface area contributed by atoms with Gasteiger partial charge < -0.3 is 33.6 Å². The second-order valence-electron chi connectivity index (χ2n) is 14.1. The Kier molecular flexibility index (Phi) is 12.2. The number of aryl methyl sites for hydroxylation is 2. The Morgan fingerprint density at radius 2 is 1.00 bits per heavy atom. The van der Waals surface area contributed by atoms with Gasteiger partial charge in [-0.05, 0) is 75.2 Å². The van der Waals surface area contributed by atoms with Crippen LogP contribution in [0.1, 0.15) is 48.7 Å². The van der Waals surface area contributed by atoms with Crippen LogP contribution in [0, 0.1) is 27.0 Å². The van der Waals surface area contributed by atoms with Gasteiger partial charge in [0.25, 0.3) is 22.5 Å². The normalized spacial score (nSPS) is 11.8. The van der Waals surface area contributed by atoms with E-state index in [9.17, 15) is 9.59 Å². The molecule has 8 rings (SSSR count). The number of rotatable bonds is 8. The second-order valence-corrected chi connectivity index (χ2v) is 14.9. The summed E-state index contributed by atoms with van der Waals surface area (Å²) in [4.78, 5) is 67.6. The van der Waals surface area contributed by atoms with Crippen LogP contribution in [0.25, 0.3) is 42.9 Å². The van der Waals surface area contributed by atoms with Gasteiger partial charge in [-0.25, -0.2) is 39.6 Å². The molecule has 2 aromatic carbocycles. The van der Waals surface area contributed by atoms with E-state index in [1.807, 2.05) is 13.8 Å². The molecule has 22 heteroatoms. The minimum Gasteiger partial charge on any atom is -0.392 e. The van der Waals surface area contributed by atoms with Gasteiger partial charge in [0.1, 0.15) is 34.9 Å². The van der Waals surface area contributed by atoms with Crippen LogP contribution in [0.3, 0.4) is 0 Å². The fourth-order valence-electron chi connectivity index (χ4n) is 6.78. The summed E-state index contributed by atoms with van der Waals surface area (Å²) in [5, 5.41) is 7.38. The van der Waals surface area contributed by atoms with Crippen LogP contribution in [-0.4, -0.2) is 49.0 Å². The van der Waals surface area contributed by atoms with Crippen molar-refractivity contribution in [3.63, 3.8) is 0 Å². The van der Waals surface area contributed by atoms with Crippen molar-refractivity contribution < 1.29 is 0 Å². The summed E-state index contributed by atoms with van der Waals surface area (Å²) >= 11 is 12.7. The molecule has 0 bridgehead atoms. The first-order valence-electron chi connectivity index (χ1n) is 19.0. The van der Waals surface area contributed by atoms with Crippen molar-refractivity contribution in [1.29, 1.82) is 0 Å². The van der Waals surface area contributed by atoms with E-state index < -0.39 is 12.1 Å². The maximum Gasteiger partial charge on any atom is 0.268 e. The molecule has 320 valence electrons. The molecule has 6 heterocycles. The Morgan fingerprint density at radius 1 is 0.609 bits per heavy atom. The molecule has 0 aliphatic rings. The first-order valence-corrected chi connectivity index (χ1v) is 19.8. The molecule has 0 saturated heterocycles. The lowest BCUT2D eigenvalue weighted by Crippen LogP contribution is -2.28. The largest absolute Gasteiger partial charge is 0.392 e. The van der Waals surface area contributed by atoms with E-state index in [-0.39, 0.29) is 57.7 Å². The number of nitrogens with two attached hydrogens (primary N) is 4. The van der Waals surface area contributed by atoms with Crippen molar-refractivity contribution in [2.45, 2.75) is 39.8 Å². The van der Waals surface area contributed by atoms with Crippen LogP contribution in [0.4, 0.5) is 46.5 Å². The molecule has 2 atom stereocenters. The Bertz CT molecular complexity index is 3140. The van der Waals surface area contributed by atoms with Crippen molar-refractivity contribution in [1.82, 2.24) is 49.0 Å². The third-order valence-corrected chi connectivity index (χ3v) is 10.4. The summed E-state index contributed by atoms with van der Waals surface area (Å²) in [6.45, 7) is 22.1. The molecule has 0 fully saturated rings. The number of anilines is 6. The van der Waals surface area contributed by atoms with Crippen molar-refractivity contribution in [3.8, 4) is 11.4 Å². The maximum absolute atomic E-state index is 13.6. The first-order chi connectivity index (χ1) is 30.6. The minimum absolute atomic E-state index is 0.0290. The molecule has 8 aromatic rings. The number of nitrogens with zero attached hydrogens (tertiary/aromatic N) is 12. The highest BCUT2D eigenvalue weighted by Gasteiger charge is 2.25. The Labute approximate surface area is 373 Å². The highest BCUT2D eigenvalue weighted by atomic mass is 35.5. The Hall–Kier alpha value is -8.46. The Balaban J connectivity index is 0.000000191. The average molecular weight is 896 g/mol. The van der Waals surface area contributed by atoms with E-state index in [1.165, 1.54) is 9.13 Å². The molecule has 0 spiro atoms. The van der Waals surface area contributed by atoms with E-state index in [2.05, 4.69) is 50.2 Å². The monoisotopic (exact) mass is 894 g/mol. The first kappa shape index (κ1) is 43.6. The van der Waals surface area contributed by atoms with Gasteiger partial charge in [-0.2, -0.15) is 0 Å². The third kappa shape index (κ3) is 8.29. The van der Waals surface area contributed by atoms with Gasteiger partial charge in [-0.3, -0.25) is 28.7 Å².